The molecule has 44 heavy (non-hydrogen) atoms. The summed E-state index contributed by atoms with van der Waals surface area (Å²) < 4.78 is 33.5. The second kappa shape index (κ2) is 10.4. The maximum absolute atomic E-state index is 14.9. The molecule has 1 N–H and O–H groups in total. The van der Waals surface area contributed by atoms with Crippen molar-refractivity contribution in [2.45, 2.75) is 49.7 Å². The fraction of sp³-hybridized carbons (Fsp3) is 0.290. The molecule has 7 rings (SSSR count). The van der Waals surface area contributed by atoms with Crippen molar-refractivity contribution in [2.75, 3.05) is 9.80 Å². The van der Waals surface area contributed by atoms with Crippen molar-refractivity contribution in [1.82, 2.24) is 15.3 Å². The van der Waals surface area contributed by atoms with Crippen molar-refractivity contribution in [3.8, 4) is 11.8 Å². The molecule has 2 unspecified atom stereocenters. The first kappa shape index (κ1) is 27.9. The third kappa shape index (κ3) is 4.83. The molecule has 2 aliphatic heterocycles. The van der Waals surface area contributed by atoms with E-state index in [1.807, 2.05) is 6.07 Å². The third-order valence-corrected chi connectivity index (χ3v) is 8.63. The van der Waals surface area contributed by atoms with Crippen LogP contribution in [0.3, 0.4) is 0 Å². The molecule has 3 aromatic rings. The molecule has 0 spiro atoms. The van der Waals surface area contributed by atoms with Gasteiger partial charge in [-0.3, -0.25) is 24.2 Å². The monoisotopic (exact) mass is 616 g/mol. The van der Waals surface area contributed by atoms with Crippen LogP contribution < -0.4 is 19.9 Å². The number of fused-ring (bicyclic) bond motifs is 5. The maximum Gasteiger partial charge on any atom is 0.252 e. The lowest BCUT2D eigenvalue weighted by atomic mass is 9.87. The van der Waals surface area contributed by atoms with Gasteiger partial charge in [0.25, 0.3) is 11.8 Å². The van der Waals surface area contributed by atoms with Crippen molar-refractivity contribution < 1.29 is 27.9 Å². The van der Waals surface area contributed by atoms with Crippen LogP contribution in [0.4, 0.5) is 20.4 Å². The molecular formula is C31H23ClF2N6O4. The van der Waals surface area contributed by atoms with Crippen LogP contribution in [0.5, 0.6) is 5.75 Å². The molecule has 10 nitrogen and oxygen atoms in total. The number of allylic oxidation sites excluding steroid dienone is 1. The molecule has 1 aromatic heterocycles. The van der Waals surface area contributed by atoms with Gasteiger partial charge in [-0.15, -0.1) is 0 Å². The second-order valence-electron chi connectivity index (χ2n) is 11.2. The van der Waals surface area contributed by atoms with Crippen LogP contribution in [0.1, 0.15) is 43.0 Å². The van der Waals surface area contributed by atoms with Crippen LogP contribution in [0, 0.1) is 17.2 Å². The third-order valence-electron chi connectivity index (χ3n) is 8.29. The van der Waals surface area contributed by atoms with Gasteiger partial charge in [-0.2, -0.15) is 5.26 Å². The van der Waals surface area contributed by atoms with Crippen molar-refractivity contribution >= 4 is 41.0 Å². The van der Waals surface area contributed by atoms with E-state index in [1.54, 1.807) is 48.5 Å². The van der Waals surface area contributed by atoms with Crippen molar-refractivity contribution in [3.05, 3.63) is 88.4 Å². The Balaban J connectivity index is 1.38. The highest BCUT2D eigenvalue weighted by Crippen LogP contribution is 2.48. The summed E-state index contributed by atoms with van der Waals surface area (Å²) >= 11 is 6.60. The Morgan fingerprint density at radius 1 is 1.14 bits per heavy atom. The van der Waals surface area contributed by atoms with Crippen LogP contribution in [0.25, 0.3) is 0 Å². The molecule has 2 aromatic carbocycles. The summed E-state index contributed by atoms with van der Waals surface area (Å²) in [6.07, 6.45) is 0.767. The Morgan fingerprint density at radius 3 is 2.68 bits per heavy atom. The predicted octanol–water partition coefficient (Wildman–Crippen LogP) is 4.46. The topological polar surface area (TPSA) is 129 Å². The quantitative estimate of drug-likeness (QED) is 0.448. The molecule has 222 valence electrons. The minimum atomic E-state index is -2.89. The zero-order valence-corrected chi connectivity index (χ0v) is 23.7. The first-order valence-electron chi connectivity index (χ1n) is 14.0. The molecule has 3 amide bonds. The van der Waals surface area contributed by atoms with Gasteiger partial charge in [-0.1, -0.05) is 35.9 Å². The highest BCUT2D eigenvalue weighted by Gasteiger charge is 2.53. The Morgan fingerprint density at radius 2 is 1.93 bits per heavy atom. The average Bonchev–Trinajstić information content (AvgIpc) is 3.65. The molecule has 3 atom stereocenters. The van der Waals surface area contributed by atoms with E-state index in [4.69, 9.17) is 16.3 Å². The van der Waals surface area contributed by atoms with Gasteiger partial charge >= 0.3 is 0 Å². The Hall–Kier alpha value is -4.89. The number of rotatable bonds is 5. The molecule has 3 heterocycles. The SMILES string of the molecule is N#Cc1ccnc(N2C(=O)C3C[C@H]2C(=O)N(C(C(=O)NC2CC(F)(F)C2)c2ccccc2Cl)c2cccc(c2)OC2=C3C2)n1. The number of nitrogens with one attached hydrogen (secondary N) is 1. The van der Waals surface area contributed by atoms with Crippen molar-refractivity contribution in [2.24, 2.45) is 5.92 Å². The number of carbonyl (C=O) groups excluding carboxylic acids is 3. The molecule has 2 aliphatic carbocycles. The molecule has 4 bridgehead atoms. The van der Waals surface area contributed by atoms with Gasteiger partial charge in [-0.25, -0.2) is 18.7 Å². The largest absolute Gasteiger partial charge is 0.461 e. The van der Waals surface area contributed by atoms with E-state index in [-0.39, 0.29) is 34.3 Å². The molecule has 2 fully saturated rings. The number of ether oxygens (including phenoxy) is 1. The maximum atomic E-state index is 14.9. The molecule has 1 saturated heterocycles. The number of amides is 3. The average molecular weight is 617 g/mol. The number of carbonyl (C=O) groups is 3. The van der Waals surface area contributed by atoms with Crippen LogP contribution in [0.2, 0.25) is 5.02 Å². The van der Waals surface area contributed by atoms with E-state index in [0.29, 0.717) is 17.9 Å². The Bertz CT molecular complexity index is 1800. The van der Waals surface area contributed by atoms with E-state index < -0.39 is 60.5 Å². The first-order valence-corrected chi connectivity index (χ1v) is 14.3. The molecule has 0 radical (unpaired) electrons. The zero-order valence-electron chi connectivity index (χ0n) is 22.9. The van der Waals surface area contributed by atoms with Crippen LogP contribution in [-0.2, 0) is 14.4 Å². The summed E-state index contributed by atoms with van der Waals surface area (Å²) in [4.78, 5) is 53.6. The van der Waals surface area contributed by atoms with Gasteiger partial charge in [0.2, 0.25) is 17.8 Å². The highest BCUT2D eigenvalue weighted by molar-refractivity contribution is 6.31. The number of alkyl halides is 2. The van der Waals surface area contributed by atoms with Gasteiger partial charge in [0, 0.05) is 53.8 Å². The zero-order chi connectivity index (χ0) is 30.7. The van der Waals surface area contributed by atoms with E-state index in [1.165, 1.54) is 22.1 Å². The first-order chi connectivity index (χ1) is 21.1. The normalized spacial score (nSPS) is 22.7. The highest BCUT2D eigenvalue weighted by atomic mass is 35.5. The fourth-order valence-corrected chi connectivity index (χ4v) is 6.35. The number of benzene rings is 2. The Labute approximate surface area is 254 Å². The van der Waals surface area contributed by atoms with Gasteiger partial charge in [0.15, 0.2) is 0 Å². The number of anilines is 2. The number of halogens is 3. The minimum Gasteiger partial charge on any atom is -0.461 e. The van der Waals surface area contributed by atoms with Gasteiger partial charge in [0.1, 0.15) is 35.4 Å². The second-order valence-corrected chi connectivity index (χ2v) is 11.6. The standard InChI is InChI=1S/C31H23ClF2N6O4/c32-23-7-2-1-6-20(23)26(27(41)37-17-13-31(33,34)14-17)39-18-4-3-5-19(10-18)44-25-12-21(25)22-11-24(29(39)43)40(28(22)42)30-36-9-8-16(15-35)38-30/h1-10,17,22,24,26H,11-14H2,(H,37,41)/t22?,24-,26?/m0/s1. The summed E-state index contributed by atoms with van der Waals surface area (Å²) in [5.74, 6) is -4.51. The van der Waals surface area contributed by atoms with E-state index in [0.717, 1.165) is 5.57 Å². The predicted molar refractivity (Wildman–Crippen MR) is 153 cm³/mol. The lowest BCUT2D eigenvalue weighted by molar-refractivity contribution is -0.133. The van der Waals surface area contributed by atoms with Crippen LogP contribution in [0.15, 0.2) is 72.1 Å². The summed E-state index contributed by atoms with van der Waals surface area (Å²) in [5.41, 5.74) is 1.27. The summed E-state index contributed by atoms with van der Waals surface area (Å²) in [5, 5.41) is 12.3. The van der Waals surface area contributed by atoms with Gasteiger partial charge < -0.3 is 10.1 Å². The van der Waals surface area contributed by atoms with Gasteiger partial charge in [0.05, 0.1) is 5.92 Å². The van der Waals surface area contributed by atoms with Crippen LogP contribution >= 0.6 is 11.6 Å². The Kier molecular flexibility index (Phi) is 6.58. The van der Waals surface area contributed by atoms with E-state index in [2.05, 4.69) is 15.3 Å². The number of nitriles is 1. The lowest BCUT2D eigenvalue weighted by Gasteiger charge is -2.39. The minimum absolute atomic E-state index is 0.00315. The summed E-state index contributed by atoms with van der Waals surface area (Å²) in [6.45, 7) is 0. The van der Waals surface area contributed by atoms with Crippen molar-refractivity contribution in [1.29, 1.82) is 5.26 Å². The molecular weight excluding hydrogens is 594 g/mol. The number of hydrogen-bond acceptors (Lipinski definition) is 7. The van der Waals surface area contributed by atoms with Crippen LogP contribution in [-0.4, -0.2) is 45.7 Å². The number of hydrogen-bond donors (Lipinski definition) is 1. The summed E-state index contributed by atoms with van der Waals surface area (Å²) in [7, 11) is 0. The van der Waals surface area contributed by atoms with Gasteiger partial charge in [-0.05, 0) is 36.3 Å². The number of nitrogens with zero attached hydrogens (tertiary/aromatic N) is 5. The van der Waals surface area contributed by atoms with E-state index in [9.17, 15) is 28.4 Å². The van der Waals surface area contributed by atoms with E-state index >= 15 is 0 Å². The molecule has 1 saturated carbocycles. The fourth-order valence-electron chi connectivity index (χ4n) is 6.11. The lowest BCUT2D eigenvalue weighted by Crippen LogP contribution is -2.56. The molecule has 13 heteroatoms. The van der Waals surface area contributed by atoms with Crippen molar-refractivity contribution in [3.63, 3.8) is 0 Å². The smallest absolute Gasteiger partial charge is 0.252 e. The summed E-state index contributed by atoms with van der Waals surface area (Å²) in [6, 6.07) is 13.0. The molecule has 4 aliphatic rings. The number of aromatic nitrogens is 2.